The average molecular weight is 382 g/mol. The maximum atomic E-state index is 12.6. The molecule has 0 radical (unpaired) electrons. The SMILES string of the molecule is CCOc1ccc(NC(=O)C2CCN(C(=O)c3ccc(OC)cc3)CC2)cc1. The number of anilines is 1. The number of nitrogens with zero attached hydrogens (tertiary/aromatic N) is 1. The summed E-state index contributed by atoms with van der Waals surface area (Å²) in [7, 11) is 1.60. The zero-order valence-corrected chi connectivity index (χ0v) is 16.3. The Morgan fingerprint density at radius 2 is 1.61 bits per heavy atom. The topological polar surface area (TPSA) is 67.9 Å². The van der Waals surface area contributed by atoms with Crippen LogP contribution in [0.25, 0.3) is 0 Å². The summed E-state index contributed by atoms with van der Waals surface area (Å²) in [6.07, 6.45) is 1.31. The molecule has 0 aliphatic carbocycles. The molecule has 0 saturated carbocycles. The number of rotatable bonds is 6. The molecule has 148 valence electrons. The van der Waals surface area contributed by atoms with E-state index < -0.39 is 0 Å². The lowest BCUT2D eigenvalue weighted by atomic mass is 9.95. The van der Waals surface area contributed by atoms with Crippen LogP contribution in [0.5, 0.6) is 11.5 Å². The predicted molar refractivity (Wildman–Crippen MR) is 108 cm³/mol. The van der Waals surface area contributed by atoms with Crippen molar-refractivity contribution < 1.29 is 19.1 Å². The van der Waals surface area contributed by atoms with Gasteiger partial charge in [-0.15, -0.1) is 0 Å². The molecule has 1 heterocycles. The van der Waals surface area contributed by atoms with Crippen molar-refractivity contribution in [2.24, 2.45) is 5.92 Å². The highest BCUT2D eigenvalue weighted by atomic mass is 16.5. The Morgan fingerprint density at radius 1 is 1.00 bits per heavy atom. The lowest BCUT2D eigenvalue weighted by Gasteiger charge is -2.31. The van der Waals surface area contributed by atoms with Gasteiger partial charge in [0.1, 0.15) is 11.5 Å². The third-order valence-corrected chi connectivity index (χ3v) is 4.92. The summed E-state index contributed by atoms with van der Waals surface area (Å²) >= 11 is 0. The van der Waals surface area contributed by atoms with Gasteiger partial charge >= 0.3 is 0 Å². The molecule has 1 aliphatic heterocycles. The molecular weight excluding hydrogens is 356 g/mol. The lowest BCUT2D eigenvalue weighted by Crippen LogP contribution is -2.41. The van der Waals surface area contributed by atoms with Crippen LogP contribution in [0.1, 0.15) is 30.1 Å². The van der Waals surface area contributed by atoms with Crippen molar-refractivity contribution in [1.29, 1.82) is 0 Å². The van der Waals surface area contributed by atoms with Crippen molar-refractivity contribution >= 4 is 17.5 Å². The van der Waals surface area contributed by atoms with Crippen molar-refractivity contribution in [1.82, 2.24) is 4.90 Å². The number of methoxy groups -OCH3 is 1. The molecule has 1 aliphatic rings. The molecule has 2 aromatic carbocycles. The smallest absolute Gasteiger partial charge is 0.253 e. The van der Waals surface area contributed by atoms with Gasteiger partial charge in [0, 0.05) is 30.3 Å². The minimum Gasteiger partial charge on any atom is -0.497 e. The highest BCUT2D eigenvalue weighted by Crippen LogP contribution is 2.23. The summed E-state index contributed by atoms with van der Waals surface area (Å²) in [6, 6.07) is 14.5. The first kappa shape index (κ1) is 19.7. The molecule has 3 rings (SSSR count). The van der Waals surface area contributed by atoms with E-state index in [0.717, 1.165) is 17.2 Å². The molecule has 0 aromatic heterocycles. The van der Waals surface area contributed by atoms with E-state index in [1.807, 2.05) is 36.1 Å². The molecule has 0 bridgehead atoms. The van der Waals surface area contributed by atoms with Gasteiger partial charge in [0.25, 0.3) is 5.91 Å². The van der Waals surface area contributed by atoms with Crippen molar-refractivity contribution in [2.45, 2.75) is 19.8 Å². The third kappa shape index (κ3) is 4.82. The summed E-state index contributed by atoms with van der Waals surface area (Å²) in [6.45, 7) is 3.69. The van der Waals surface area contributed by atoms with Crippen LogP contribution in [0.15, 0.2) is 48.5 Å². The van der Waals surface area contributed by atoms with Crippen LogP contribution in [-0.2, 0) is 4.79 Å². The monoisotopic (exact) mass is 382 g/mol. The normalized spacial score (nSPS) is 14.4. The second-order valence-corrected chi connectivity index (χ2v) is 6.74. The molecule has 0 unspecified atom stereocenters. The predicted octanol–water partition coefficient (Wildman–Crippen LogP) is 3.58. The summed E-state index contributed by atoms with van der Waals surface area (Å²) in [5, 5.41) is 2.96. The molecule has 6 nitrogen and oxygen atoms in total. The maximum absolute atomic E-state index is 12.6. The van der Waals surface area contributed by atoms with Gasteiger partial charge in [-0.3, -0.25) is 9.59 Å². The van der Waals surface area contributed by atoms with E-state index in [1.165, 1.54) is 0 Å². The fourth-order valence-electron chi connectivity index (χ4n) is 3.31. The second-order valence-electron chi connectivity index (χ2n) is 6.74. The van der Waals surface area contributed by atoms with Gasteiger partial charge in [-0.25, -0.2) is 0 Å². The van der Waals surface area contributed by atoms with Crippen LogP contribution in [0, 0.1) is 5.92 Å². The zero-order valence-electron chi connectivity index (χ0n) is 16.3. The van der Waals surface area contributed by atoms with E-state index in [0.29, 0.717) is 38.1 Å². The first-order valence-corrected chi connectivity index (χ1v) is 9.57. The number of carbonyl (C=O) groups is 2. The number of hydrogen-bond donors (Lipinski definition) is 1. The molecule has 28 heavy (non-hydrogen) atoms. The van der Waals surface area contributed by atoms with E-state index >= 15 is 0 Å². The Kier molecular flexibility index (Phi) is 6.53. The largest absolute Gasteiger partial charge is 0.497 e. The lowest BCUT2D eigenvalue weighted by molar-refractivity contribution is -0.121. The molecule has 1 fully saturated rings. The molecule has 6 heteroatoms. The Labute approximate surface area is 165 Å². The van der Waals surface area contributed by atoms with Gasteiger partial charge in [0.05, 0.1) is 13.7 Å². The fraction of sp³-hybridized carbons (Fsp3) is 0.364. The van der Waals surface area contributed by atoms with Crippen LogP contribution < -0.4 is 14.8 Å². The minimum absolute atomic E-state index is 0.000654. The van der Waals surface area contributed by atoms with Crippen molar-refractivity contribution in [3.8, 4) is 11.5 Å². The van der Waals surface area contributed by atoms with Crippen molar-refractivity contribution in [3.05, 3.63) is 54.1 Å². The number of nitrogens with one attached hydrogen (secondary N) is 1. The van der Waals surface area contributed by atoms with Gasteiger partial charge in [0.2, 0.25) is 5.91 Å². The average Bonchev–Trinajstić information content (AvgIpc) is 2.75. The number of carbonyl (C=O) groups excluding carboxylic acids is 2. The number of piperidine rings is 1. The van der Waals surface area contributed by atoms with Gasteiger partial charge in [-0.1, -0.05) is 0 Å². The molecule has 2 amide bonds. The molecule has 1 saturated heterocycles. The summed E-state index contributed by atoms with van der Waals surface area (Å²) in [4.78, 5) is 27.0. The fourth-order valence-corrected chi connectivity index (χ4v) is 3.31. The highest BCUT2D eigenvalue weighted by molar-refractivity contribution is 5.95. The van der Waals surface area contributed by atoms with Crippen LogP contribution in [-0.4, -0.2) is 43.5 Å². The quantitative estimate of drug-likeness (QED) is 0.829. The second kappa shape index (κ2) is 9.26. The van der Waals surface area contributed by atoms with E-state index in [9.17, 15) is 9.59 Å². The van der Waals surface area contributed by atoms with Crippen LogP contribution in [0.2, 0.25) is 0 Å². The van der Waals surface area contributed by atoms with Crippen LogP contribution in [0.4, 0.5) is 5.69 Å². The van der Waals surface area contributed by atoms with Crippen molar-refractivity contribution in [2.75, 3.05) is 32.1 Å². The first-order chi connectivity index (χ1) is 13.6. The van der Waals surface area contributed by atoms with Gasteiger partial charge < -0.3 is 19.7 Å². The Morgan fingerprint density at radius 3 is 2.18 bits per heavy atom. The molecule has 0 atom stereocenters. The van der Waals surface area contributed by atoms with Gasteiger partial charge in [-0.2, -0.15) is 0 Å². The molecular formula is C22H26N2O4. The number of benzene rings is 2. The summed E-state index contributed by atoms with van der Waals surface area (Å²) in [5.74, 6) is 1.41. The standard InChI is InChI=1S/C22H26N2O4/c1-3-28-20-10-6-18(7-11-20)23-21(25)16-12-14-24(15-13-16)22(26)17-4-8-19(27-2)9-5-17/h4-11,16H,3,12-15H2,1-2H3,(H,23,25). The highest BCUT2D eigenvalue weighted by Gasteiger charge is 2.27. The summed E-state index contributed by atoms with van der Waals surface area (Å²) < 4.78 is 10.5. The number of likely N-dealkylation sites (tertiary alicyclic amines) is 1. The third-order valence-electron chi connectivity index (χ3n) is 4.92. The Balaban J connectivity index is 1.51. The van der Waals surface area contributed by atoms with Gasteiger partial charge in [-0.05, 0) is 68.3 Å². The number of hydrogen-bond acceptors (Lipinski definition) is 4. The minimum atomic E-state index is -0.0912. The number of amides is 2. The van der Waals surface area contributed by atoms with E-state index in [2.05, 4.69) is 5.32 Å². The maximum Gasteiger partial charge on any atom is 0.253 e. The molecule has 1 N–H and O–H groups in total. The van der Waals surface area contributed by atoms with E-state index in [4.69, 9.17) is 9.47 Å². The Bertz CT molecular complexity index is 794. The molecule has 2 aromatic rings. The zero-order chi connectivity index (χ0) is 19.9. The van der Waals surface area contributed by atoms with Crippen LogP contribution >= 0.6 is 0 Å². The van der Waals surface area contributed by atoms with Gasteiger partial charge in [0.15, 0.2) is 0 Å². The van der Waals surface area contributed by atoms with E-state index in [1.54, 1.807) is 31.4 Å². The molecule has 0 spiro atoms. The number of ether oxygens (including phenoxy) is 2. The van der Waals surface area contributed by atoms with Crippen LogP contribution in [0.3, 0.4) is 0 Å². The van der Waals surface area contributed by atoms with Crippen molar-refractivity contribution in [3.63, 3.8) is 0 Å². The Hall–Kier alpha value is -3.02. The van der Waals surface area contributed by atoms with E-state index in [-0.39, 0.29) is 17.7 Å². The summed E-state index contributed by atoms with van der Waals surface area (Å²) in [5.41, 5.74) is 1.39. The first-order valence-electron chi connectivity index (χ1n) is 9.57.